The highest BCUT2D eigenvalue weighted by atomic mass is 32.2. The van der Waals surface area contributed by atoms with Gasteiger partial charge in [-0.05, 0) is 50.6 Å². The molecule has 0 saturated heterocycles. The van der Waals surface area contributed by atoms with Gasteiger partial charge in [0.15, 0.2) is 6.10 Å². The Balaban J connectivity index is 1.72. The van der Waals surface area contributed by atoms with Gasteiger partial charge in [-0.1, -0.05) is 29.8 Å². The van der Waals surface area contributed by atoms with Crippen molar-refractivity contribution >= 4 is 29.3 Å². The van der Waals surface area contributed by atoms with Crippen LogP contribution in [0.5, 0.6) is 5.75 Å². The number of carbonyl (C=O) groups excluding carboxylic acids is 2. The van der Waals surface area contributed by atoms with E-state index in [0.717, 1.165) is 17.1 Å². The summed E-state index contributed by atoms with van der Waals surface area (Å²) in [5, 5.41) is 2.73. The number of esters is 1. The molecule has 0 bridgehead atoms. The van der Waals surface area contributed by atoms with Crippen molar-refractivity contribution in [1.29, 1.82) is 0 Å². The minimum atomic E-state index is -0.857. The van der Waals surface area contributed by atoms with E-state index in [9.17, 15) is 9.59 Å². The quantitative estimate of drug-likeness (QED) is 0.654. The number of nitrogens with one attached hydrogen (secondary N) is 1. The Morgan fingerprint density at radius 3 is 2.37 bits per heavy atom. The van der Waals surface area contributed by atoms with Crippen LogP contribution in [-0.4, -0.2) is 30.3 Å². The molecule has 6 heteroatoms. The summed E-state index contributed by atoms with van der Waals surface area (Å²) in [4.78, 5) is 24.1. The van der Waals surface area contributed by atoms with E-state index < -0.39 is 12.1 Å². The highest BCUT2D eigenvalue weighted by Crippen LogP contribution is 2.16. The molecule has 1 atom stereocenters. The number of amides is 1. The molecule has 2 aromatic rings. The summed E-state index contributed by atoms with van der Waals surface area (Å²) >= 11 is 1.46. The van der Waals surface area contributed by atoms with Crippen molar-refractivity contribution in [2.24, 2.45) is 0 Å². The predicted octanol–water partition coefficient (Wildman–Crippen LogP) is 4.20. The van der Waals surface area contributed by atoms with Gasteiger partial charge in [0.1, 0.15) is 5.75 Å². The second kappa shape index (κ2) is 10.6. The smallest absolute Gasteiger partial charge is 0.316 e. The summed E-state index contributed by atoms with van der Waals surface area (Å²) in [6.07, 6.45) is -0.857. The van der Waals surface area contributed by atoms with E-state index in [-0.39, 0.29) is 11.7 Å². The minimum Gasteiger partial charge on any atom is -0.494 e. The van der Waals surface area contributed by atoms with Gasteiger partial charge in [-0.15, -0.1) is 11.8 Å². The molecular weight excluding hydrogens is 362 g/mol. The summed E-state index contributed by atoms with van der Waals surface area (Å²) in [6.45, 7) is 6.09. The average Bonchev–Trinajstić information content (AvgIpc) is 2.65. The van der Waals surface area contributed by atoms with Gasteiger partial charge in [-0.25, -0.2) is 0 Å². The molecule has 0 radical (unpaired) electrons. The molecule has 0 unspecified atom stereocenters. The number of thioether (sulfide) groups is 1. The van der Waals surface area contributed by atoms with Gasteiger partial charge in [0, 0.05) is 11.4 Å². The molecule has 0 aliphatic rings. The van der Waals surface area contributed by atoms with Crippen LogP contribution in [0.2, 0.25) is 0 Å². The molecule has 1 amide bonds. The molecule has 1 N–H and O–H groups in total. The Morgan fingerprint density at radius 2 is 1.74 bits per heavy atom. The molecule has 0 aromatic heterocycles. The van der Waals surface area contributed by atoms with Crippen LogP contribution in [-0.2, 0) is 20.1 Å². The van der Waals surface area contributed by atoms with E-state index in [1.807, 2.05) is 38.1 Å². The highest BCUT2D eigenvalue weighted by Gasteiger charge is 2.18. The molecule has 144 valence electrons. The molecule has 0 spiro atoms. The molecule has 0 aliphatic heterocycles. The predicted molar refractivity (Wildman–Crippen MR) is 109 cm³/mol. The lowest BCUT2D eigenvalue weighted by molar-refractivity contribution is -0.150. The number of ether oxygens (including phenoxy) is 2. The second-order valence-corrected chi connectivity index (χ2v) is 7.04. The Labute approximate surface area is 164 Å². The molecule has 0 fully saturated rings. The molecule has 0 saturated carbocycles. The summed E-state index contributed by atoms with van der Waals surface area (Å²) in [6, 6.07) is 15.2. The number of anilines is 1. The van der Waals surface area contributed by atoms with Crippen LogP contribution in [0.25, 0.3) is 0 Å². The average molecular weight is 388 g/mol. The zero-order valence-electron chi connectivity index (χ0n) is 15.9. The molecule has 5 nitrogen and oxygen atoms in total. The fourth-order valence-electron chi connectivity index (χ4n) is 2.27. The molecule has 2 aromatic carbocycles. The SMILES string of the molecule is CCOc1ccc(NC(=O)[C@H](C)OC(=O)CSCc2ccc(C)cc2)cc1. The zero-order valence-corrected chi connectivity index (χ0v) is 16.7. The highest BCUT2D eigenvalue weighted by molar-refractivity contribution is 7.99. The standard InChI is InChI=1S/C21H25NO4S/c1-4-25-19-11-9-18(10-12-19)22-21(24)16(3)26-20(23)14-27-13-17-7-5-15(2)6-8-17/h5-12,16H,4,13-14H2,1-3H3,(H,22,24)/t16-/m0/s1. The molecular formula is C21H25NO4S. The number of rotatable bonds is 9. The first kappa shape index (κ1) is 20.8. The maximum Gasteiger partial charge on any atom is 0.316 e. The summed E-state index contributed by atoms with van der Waals surface area (Å²) in [7, 11) is 0. The maximum atomic E-state index is 12.2. The van der Waals surface area contributed by atoms with Gasteiger partial charge >= 0.3 is 5.97 Å². The Kier molecular flexibility index (Phi) is 8.20. The van der Waals surface area contributed by atoms with E-state index in [1.54, 1.807) is 31.2 Å². The van der Waals surface area contributed by atoms with Crippen molar-refractivity contribution in [3.8, 4) is 5.75 Å². The normalized spacial score (nSPS) is 11.5. The molecule has 0 heterocycles. The third-order valence-electron chi connectivity index (χ3n) is 3.72. The van der Waals surface area contributed by atoms with Gasteiger partial charge < -0.3 is 14.8 Å². The van der Waals surface area contributed by atoms with Crippen molar-refractivity contribution in [3.05, 3.63) is 59.7 Å². The first-order chi connectivity index (χ1) is 13.0. The Hall–Kier alpha value is -2.47. The third-order valence-corrected chi connectivity index (χ3v) is 4.70. The van der Waals surface area contributed by atoms with Crippen LogP contribution in [0.1, 0.15) is 25.0 Å². The van der Waals surface area contributed by atoms with Crippen LogP contribution >= 0.6 is 11.8 Å². The second-order valence-electron chi connectivity index (χ2n) is 6.06. The van der Waals surface area contributed by atoms with E-state index in [2.05, 4.69) is 5.32 Å². The van der Waals surface area contributed by atoms with Crippen molar-refractivity contribution in [2.45, 2.75) is 32.6 Å². The Morgan fingerprint density at radius 1 is 1.07 bits per heavy atom. The van der Waals surface area contributed by atoms with Gasteiger partial charge in [0.2, 0.25) is 0 Å². The first-order valence-electron chi connectivity index (χ1n) is 8.84. The number of hydrogen-bond donors (Lipinski definition) is 1. The zero-order chi connectivity index (χ0) is 19.6. The molecule has 0 aliphatic carbocycles. The van der Waals surface area contributed by atoms with E-state index in [0.29, 0.717) is 12.3 Å². The summed E-state index contributed by atoms with van der Waals surface area (Å²) in [5.41, 5.74) is 2.98. The third kappa shape index (κ3) is 7.35. The maximum absolute atomic E-state index is 12.2. The van der Waals surface area contributed by atoms with Crippen molar-refractivity contribution in [3.63, 3.8) is 0 Å². The Bertz CT molecular complexity index is 744. The number of carbonyl (C=O) groups is 2. The minimum absolute atomic E-state index is 0.203. The van der Waals surface area contributed by atoms with E-state index in [1.165, 1.54) is 17.3 Å². The first-order valence-corrected chi connectivity index (χ1v) is 10.00. The van der Waals surface area contributed by atoms with E-state index >= 15 is 0 Å². The monoisotopic (exact) mass is 387 g/mol. The van der Waals surface area contributed by atoms with Gasteiger partial charge in [0.25, 0.3) is 5.91 Å². The fourth-order valence-corrected chi connectivity index (χ4v) is 3.03. The van der Waals surface area contributed by atoms with Crippen LogP contribution in [0.15, 0.2) is 48.5 Å². The van der Waals surface area contributed by atoms with Crippen LogP contribution < -0.4 is 10.1 Å². The number of benzene rings is 2. The lowest BCUT2D eigenvalue weighted by Gasteiger charge is -2.14. The van der Waals surface area contributed by atoms with Crippen LogP contribution in [0.3, 0.4) is 0 Å². The number of aryl methyl sites for hydroxylation is 1. The van der Waals surface area contributed by atoms with Crippen molar-refractivity contribution in [1.82, 2.24) is 0 Å². The van der Waals surface area contributed by atoms with Crippen molar-refractivity contribution < 1.29 is 19.1 Å². The lowest BCUT2D eigenvalue weighted by Crippen LogP contribution is -2.30. The fraction of sp³-hybridized carbons (Fsp3) is 0.333. The van der Waals surface area contributed by atoms with Crippen LogP contribution in [0.4, 0.5) is 5.69 Å². The van der Waals surface area contributed by atoms with Gasteiger partial charge in [-0.3, -0.25) is 9.59 Å². The molecule has 2 rings (SSSR count). The van der Waals surface area contributed by atoms with Gasteiger partial charge in [-0.2, -0.15) is 0 Å². The van der Waals surface area contributed by atoms with E-state index in [4.69, 9.17) is 9.47 Å². The lowest BCUT2D eigenvalue weighted by atomic mass is 10.2. The van der Waals surface area contributed by atoms with Crippen molar-refractivity contribution in [2.75, 3.05) is 17.7 Å². The molecule has 27 heavy (non-hydrogen) atoms. The topological polar surface area (TPSA) is 64.6 Å². The largest absolute Gasteiger partial charge is 0.494 e. The summed E-state index contributed by atoms with van der Waals surface area (Å²) < 4.78 is 10.6. The number of hydrogen-bond acceptors (Lipinski definition) is 5. The van der Waals surface area contributed by atoms with Gasteiger partial charge in [0.05, 0.1) is 12.4 Å². The van der Waals surface area contributed by atoms with Crippen LogP contribution in [0, 0.1) is 6.92 Å². The summed E-state index contributed by atoms with van der Waals surface area (Å²) in [5.74, 6) is 0.898.